The summed E-state index contributed by atoms with van der Waals surface area (Å²) in [6.07, 6.45) is 8.41. The molecule has 0 aliphatic heterocycles. The third-order valence-corrected chi connectivity index (χ3v) is 6.09. The number of aryl methyl sites for hydroxylation is 1. The lowest BCUT2D eigenvalue weighted by atomic mass is 9.91. The van der Waals surface area contributed by atoms with Gasteiger partial charge in [-0.15, -0.1) is 16.4 Å². The van der Waals surface area contributed by atoms with E-state index in [1.807, 2.05) is 22.2 Å². The van der Waals surface area contributed by atoms with Gasteiger partial charge in [0.2, 0.25) is 0 Å². The third-order valence-electron chi connectivity index (χ3n) is 5.09. The summed E-state index contributed by atoms with van der Waals surface area (Å²) in [6, 6.07) is 5.67. The van der Waals surface area contributed by atoms with Crippen LogP contribution < -0.4 is 10.6 Å². The minimum Gasteiger partial charge on any atom is -0.348 e. The normalized spacial score (nSPS) is 23.6. The van der Waals surface area contributed by atoms with Crippen LogP contribution in [0, 0.1) is 6.92 Å². The highest BCUT2D eigenvalue weighted by atomic mass is 32.1. The van der Waals surface area contributed by atoms with Crippen molar-refractivity contribution in [2.75, 3.05) is 0 Å². The highest BCUT2D eigenvalue weighted by Crippen LogP contribution is 2.28. The summed E-state index contributed by atoms with van der Waals surface area (Å²) in [6.45, 7) is 3.11. The Hall–Kier alpha value is -1.73. The minimum absolute atomic E-state index is 0.0876. The van der Waals surface area contributed by atoms with Gasteiger partial charge in [-0.05, 0) is 57.6 Å². The molecule has 1 amide bonds. The smallest absolute Gasteiger partial charge is 0.273 e. The molecule has 0 aromatic carbocycles. The summed E-state index contributed by atoms with van der Waals surface area (Å²) in [5, 5.41) is 14.9. The highest BCUT2D eigenvalue weighted by Gasteiger charge is 2.27. The largest absolute Gasteiger partial charge is 0.348 e. The molecule has 0 saturated heterocycles. The third kappa shape index (κ3) is 4.27. The van der Waals surface area contributed by atoms with Crippen LogP contribution >= 0.6 is 11.3 Å². The van der Waals surface area contributed by atoms with Gasteiger partial charge in [-0.25, -0.2) is 4.68 Å². The Morgan fingerprint density at radius 3 is 2.64 bits per heavy atom. The van der Waals surface area contributed by atoms with E-state index in [0.29, 0.717) is 23.8 Å². The first kappa shape index (κ1) is 16.7. The number of amides is 1. The molecule has 7 heteroatoms. The predicted octanol–water partition coefficient (Wildman–Crippen LogP) is 2.81. The fourth-order valence-corrected chi connectivity index (χ4v) is 4.26. The quantitative estimate of drug-likeness (QED) is 0.832. The minimum atomic E-state index is -0.0876. The summed E-state index contributed by atoms with van der Waals surface area (Å²) >= 11 is 1.86. The second-order valence-electron chi connectivity index (χ2n) is 7.23. The molecule has 25 heavy (non-hydrogen) atoms. The summed E-state index contributed by atoms with van der Waals surface area (Å²) in [5.74, 6) is -0.0876. The van der Waals surface area contributed by atoms with Crippen LogP contribution in [-0.2, 0) is 6.54 Å². The average Bonchev–Trinajstić information content (AvgIpc) is 3.12. The van der Waals surface area contributed by atoms with Gasteiger partial charge in [0, 0.05) is 28.4 Å². The van der Waals surface area contributed by atoms with Crippen LogP contribution in [-0.4, -0.2) is 33.0 Å². The molecule has 0 atom stereocenters. The van der Waals surface area contributed by atoms with Gasteiger partial charge in [0.1, 0.15) is 0 Å². The second kappa shape index (κ2) is 7.25. The van der Waals surface area contributed by atoms with Gasteiger partial charge >= 0.3 is 0 Å². The molecule has 2 fully saturated rings. The number of hydrogen-bond donors (Lipinski definition) is 2. The Bertz CT molecular complexity index is 727. The number of nitrogens with one attached hydrogen (secondary N) is 2. The molecular formula is C18H25N5OS. The Morgan fingerprint density at radius 2 is 1.96 bits per heavy atom. The number of carbonyl (C=O) groups is 1. The van der Waals surface area contributed by atoms with Gasteiger partial charge in [0.25, 0.3) is 5.91 Å². The van der Waals surface area contributed by atoms with Crippen LogP contribution in [0.3, 0.4) is 0 Å². The first-order valence-electron chi connectivity index (χ1n) is 9.19. The lowest BCUT2D eigenvalue weighted by Crippen LogP contribution is -2.33. The van der Waals surface area contributed by atoms with Crippen molar-refractivity contribution < 1.29 is 4.79 Å². The summed E-state index contributed by atoms with van der Waals surface area (Å²) in [4.78, 5) is 14.8. The highest BCUT2D eigenvalue weighted by molar-refractivity contribution is 7.11. The number of thiophene rings is 1. The van der Waals surface area contributed by atoms with E-state index in [9.17, 15) is 4.79 Å². The van der Waals surface area contributed by atoms with Gasteiger partial charge in [0.05, 0.1) is 12.2 Å². The fourth-order valence-electron chi connectivity index (χ4n) is 3.42. The van der Waals surface area contributed by atoms with Crippen molar-refractivity contribution in [1.29, 1.82) is 0 Å². The van der Waals surface area contributed by atoms with Crippen LogP contribution in [0.15, 0.2) is 18.3 Å². The molecule has 0 bridgehead atoms. The Morgan fingerprint density at radius 1 is 1.20 bits per heavy atom. The van der Waals surface area contributed by atoms with Gasteiger partial charge in [-0.2, -0.15) is 0 Å². The molecule has 4 rings (SSSR count). The number of hydrogen-bond acceptors (Lipinski definition) is 5. The number of nitrogens with zero attached hydrogens (tertiary/aromatic N) is 3. The summed E-state index contributed by atoms with van der Waals surface area (Å²) < 4.78 is 1.89. The standard InChI is InChI=1S/C18H25N5OS/c1-12-2-9-16(25-12)10-19-13-5-7-15(8-6-13)23-11-17(21-22-23)18(24)20-14-3-4-14/h2,9,11,13-15,19H,3-8,10H2,1H3,(H,20,24). The molecule has 0 unspecified atom stereocenters. The van der Waals surface area contributed by atoms with Crippen LogP contribution in [0.4, 0.5) is 0 Å². The molecule has 134 valence electrons. The van der Waals surface area contributed by atoms with Crippen LogP contribution in [0.2, 0.25) is 0 Å². The molecule has 2 aliphatic carbocycles. The zero-order valence-corrected chi connectivity index (χ0v) is 15.4. The first-order chi connectivity index (χ1) is 12.2. The first-order valence-corrected chi connectivity index (χ1v) is 10.0. The maximum absolute atomic E-state index is 12.0. The Kier molecular flexibility index (Phi) is 4.85. The van der Waals surface area contributed by atoms with Crippen molar-refractivity contribution in [3.63, 3.8) is 0 Å². The molecule has 0 radical (unpaired) electrons. The number of carbonyl (C=O) groups excluding carboxylic acids is 1. The lowest BCUT2D eigenvalue weighted by Gasteiger charge is -2.28. The zero-order chi connectivity index (χ0) is 17.2. The molecule has 2 N–H and O–H groups in total. The van der Waals surface area contributed by atoms with Crippen LogP contribution in [0.1, 0.15) is 64.8 Å². The zero-order valence-electron chi connectivity index (χ0n) is 14.6. The monoisotopic (exact) mass is 359 g/mol. The SMILES string of the molecule is Cc1ccc(CNC2CCC(n3cc(C(=O)NC4CC4)nn3)CC2)s1. The molecular weight excluding hydrogens is 334 g/mol. The van der Waals surface area contributed by atoms with E-state index in [4.69, 9.17) is 0 Å². The van der Waals surface area contributed by atoms with E-state index in [1.54, 1.807) is 0 Å². The molecule has 2 aromatic heterocycles. The van der Waals surface area contributed by atoms with E-state index >= 15 is 0 Å². The predicted molar refractivity (Wildman–Crippen MR) is 97.7 cm³/mol. The van der Waals surface area contributed by atoms with Gasteiger partial charge < -0.3 is 10.6 Å². The van der Waals surface area contributed by atoms with Crippen molar-refractivity contribution in [2.45, 2.75) is 70.1 Å². The van der Waals surface area contributed by atoms with E-state index < -0.39 is 0 Å². The molecule has 2 aromatic rings. The Balaban J connectivity index is 1.25. The van der Waals surface area contributed by atoms with Crippen LogP contribution in [0.5, 0.6) is 0 Å². The van der Waals surface area contributed by atoms with Crippen molar-refractivity contribution in [3.8, 4) is 0 Å². The summed E-state index contributed by atoms with van der Waals surface area (Å²) in [7, 11) is 0. The van der Waals surface area contributed by atoms with Crippen molar-refractivity contribution in [2.24, 2.45) is 0 Å². The van der Waals surface area contributed by atoms with Crippen LogP contribution in [0.25, 0.3) is 0 Å². The summed E-state index contributed by atoms with van der Waals surface area (Å²) in [5.41, 5.74) is 0.445. The molecule has 2 heterocycles. The average molecular weight is 359 g/mol. The molecule has 0 spiro atoms. The van der Waals surface area contributed by atoms with Crippen molar-refractivity contribution in [3.05, 3.63) is 33.8 Å². The van der Waals surface area contributed by atoms with Crippen molar-refractivity contribution >= 4 is 17.2 Å². The van der Waals surface area contributed by atoms with Gasteiger partial charge in [0.15, 0.2) is 5.69 Å². The molecule has 6 nitrogen and oxygen atoms in total. The molecule has 2 aliphatic rings. The van der Waals surface area contributed by atoms with Crippen molar-refractivity contribution in [1.82, 2.24) is 25.6 Å². The second-order valence-corrected chi connectivity index (χ2v) is 8.60. The van der Waals surface area contributed by atoms with E-state index in [-0.39, 0.29) is 5.91 Å². The van der Waals surface area contributed by atoms with Gasteiger partial charge in [-0.3, -0.25) is 4.79 Å². The lowest BCUT2D eigenvalue weighted by molar-refractivity contribution is 0.0946. The maximum Gasteiger partial charge on any atom is 0.273 e. The molecule has 2 saturated carbocycles. The van der Waals surface area contributed by atoms with Gasteiger partial charge in [-0.1, -0.05) is 5.21 Å². The topological polar surface area (TPSA) is 71.8 Å². The maximum atomic E-state index is 12.0. The Labute approximate surface area is 152 Å². The van der Waals surface area contributed by atoms with E-state index in [2.05, 4.69) is 40.0 Å². The number of aromatic nitrogens is 3. The van der Waals surface area contributed by atoms with E-state index in [0.717, 1.165) is 45.1 Å². The number of rotatable bonds is 6. The fraction of sp³-hybridized carbons (Fsp3) is 0.611. The van der Waals surface area contributed by atoms with E-state index in [1.165, 1.54) is 9.75 Å².